The van der Waals surface area contributed by atoms with Crippen LogP contribution < -0.4 is 15.4 Å². The zero-order chi connectivity index (χ0) is 18.3. The van der Waals surface area contributed by atoms with Gasteiger partial charge in [0.1, 0.15) is 5.75 Å². The number of halogens is 1. The van der Waals surface area contributed by atoms with Crippen LogP contribution in [0.25, 0.3) is 0 Å². The molecule has 0 aliphatic heterocycles. The molecule has 0 spiro atoms. The lowest BCUT2D eigenvalue weighted by Crippen LogP contribution is -2.38. The van der Waals surface area contributed by atoms with E-state index >= 15 is 0 Å². The monoisotopic (exact) mass is 479 g/mol. The minimum atomic E-state index is -0.664. The summed E-state index contributed by atoms with van der Waals surface area (Å²) in [7, 11) is 1.61. The summed E-state index contributed by atoms with van der Waals surface area (Å²) < 4.78 is 10.7. The number of hydrogen-bond acceptors (Lipinski definition) is 4. The number of nitrogens with one attached hydrogen (secondary N) is 2. The van der Waals surface area contributed by atoms with E-state index in [9.17, 15) is 5.11 Å². The van der Waals surface area contributed by atoms with E-state index in [1.165, 1.54) is 0 Å². The summed E-state index contributed by atoms with van der Waals surface area (Å²) in [6.07, 6.45) is 2.53. The Balaban J connectivity index is 0.00000625. The smallest absolute Gasteiger partial charge is 0.191 e. The lowest BCUT2D eigenvalue weighted by atomic mass is 10.1. The van der Waals surface area contributed by atoms with Crippen LogP contribution in [0.15, 0.2) is 29.3 Å². The summed E-state index contributed by atoms with van der Waals surface area (Å²) in [6.45, 7) is 7.60. The van der Waals surface area contributed by atoms with Crippen LogP contribution >= 0.6 is 24.0 Å². The van der Waals surface area contributed by atoms with Crippen molar-refractivity contribution in [3.05, 3.63) is 29.8 Å². The molecule has 0 saturated heterocycles. The highest BCUT2D eigenvalue weighted by Gasteiger charge is 2.08. The Hall–Kier alpha value is -1.06. The summed E-state index contributed by atoms with van der Waals surface area (Å²) in [5.41, 5.74) is 0.795. The Labute approximate surface area is 174 Å². The summed E-state index contributed by atoms with van der Waals surface area (Å²) in [6, 6.07) is 7.42. The number of unbranched alkanes of at least 4 members (excludes halogenated alkanes) is 1. The van der Waals surface area contributed by atoms with Gasteiger partial charge in [0.2, 0.25) is 0 Å². The van der Waals surface area contributed by atoms with Gasteiger partial charge in [0, 0.05) is 26.3 Å². The standard InChI is InChI=1S/C19H33N3O3.HI/c1-4-6-12-25-13-8-11-21-19(20-5-2)22-15-18(23)16-9-7-10-17(14-16)24-3;/h7,9-10,14,18,23H,4-6,8,11-13,15H2,1-3H3,(H2,20,21,22);1H. The minimum Gasteiger partial charge on any atom is -0.497 e. The van der Waals surface area contributed by atoms with Crippen LogP contribution in [-0.4, -0.2) is 51.0 Å². The zero-order valence-electron chi connectivity index (χ0n) is 16.2. The van der Waals surface area contributed by atoms with Gasteiger partial charge >= 0.3 is 0 Å². The average Bonchev–Trinajstić information content (AvgIpc) is 2.65. The molecule has 0 bridgehead atoms. The third-order valence-corrected chi connectivity index (χ3v) is 3.65. The van der Waals surface area contributed by atoms with Crippen molar-refractivity contribution >= 4 is 29.9 Å². The van der Waals surface area contributed by atoms with Crippen LogP contribution in [0.5, 0.6) is 5.75 Å². The molecule has 1 aromatic rings. The number of aliphatic hydroxyl groups excluding tert-OH is 1. The largest absolute Gasteiger partial charge is 0.497 e. The zero-order valence-corrected chi connectivity index (χ0v) is 18.5. The fourth-order valence-electron chi connectivity index (χ4n) is 2.20. The van der Waals surface area contributed by atoms with Gasteiger partial charge in [-0.05, 0) is 37.5 Å². The Morgan fingerprint density at radius 1 is 1.19 bits per heavy atom. The van der Waals surface area contributed by atoms with Crippen molar-refractivity contribution in [2.24, 2.45) is 4.99 Å². The Morgan fingerprint density at radius 2 is 1.96 bits per heavy atom. The molecular weight excluding hydrogens is 445 g/mol. The van der Waals surface area contributed by atoms with E-state index in [1.807, 2.05) is 31.2 Å². The van der Waals surface area contributed by atoms with Crippen molar-refractivity contribution in [1.82, 2.24) is 10.6 Å². The van der Waals surface area contributed by atoms with Crippen molar-refractivity contribution in [1.29, 1.82) is 0 Å². The number of methoxy groups -OCH3 is 1. The van der Waals surface area contributed by atoms with Gasteiger partial charge < -0.3 is 25.2 Å². The molecule has 26 heavy (non-hydrogen) atoms. The first-order valence-corrected chi connectivity index (χ1v) is 9.13. The number of guanidine groups is 1. The molecule has 0 heterocycles. The molecular formula is C19H34IN3O3. The van der Waals surface area contributed by atoms with Gasteiger partial charge in [0.15, 0.2) is 5.96 Å². The first-order valence-electron chi connectivity index (χ1n) is 9.13. The summed E-state index contributed by atoms with van der Waals surface area (Å²) in [5.74, 6) is 1.44. The predicted molar refractivity (Wildman–Crippen MR) is 118 cm³/mol. The Bertz CT molecular complexity index is 501. The maximum absolute atomic E-state index is 10.3. The number of ether oxygens (including phenoxy) is 2. The predicted octanol–water partition coefficient (Wildman–Crippen LogP) is 3.11. The number of aliphatic imine (C=N–C) groups is 1. The van der Waals surface area contributed by atoms with E-state index in [0.717, 1.165) is 56.9 Å². The summed E-state index contributed by atoms with van der Waals surface area (Å²) in [4.78, 5) is 4.46. The van der Waals surface area contributed by atoms with E-state index in [2.05, 4.69) is 22.5 Å². The van der Waals surface area contributed by atoms with E-state index in [0.29, 0.717) is 5.96 Å². The van der Waals surface area contributed by atoms with Crippen LogP contribution in [-0.2, 0) is 4.74 Å². The van der Waals surface area contributed by atoms with E-state index in [4.69, 9.17) is 9.47 Å². The maximum atomic E-state index is 10.3. The first kappa shape index (κ1) is 24.9. The fourth-order valence-corrected chi connectivity index (χ4v) is 2.20. The van der Waals surface area contributed by atoms with Crippen LogP contribution in [0.4, 0.5) is 0 Å². The highest BCUT2D eigenvalue weighted by Crippen LogP contribution is 2.19. The first-order chi connectivity index (χ1) is 12.2. The molecule has 0 aromatic heterocycles. The van der Waals surface area contributed by atoms with Gasteiger partial charge in [-0.3, -0.25) is 4.99 Å². The Morgan fingerprint density at radius 3 is 2.65 bits per heavy atom. The normalized spacial score (nSPS) is 12.2. The van der Waals surface area contributed by atoms with Crippen molar-refractivity contribution in [3.63, 3.8) is 0 Å². The average molecular weight is 479 g/mol. The third kappa shape index (κ3) is 10.8. The molecule has 0 saturated carbocycles. The SMILES string of the molecule is CCCCOCCCNC(=NCC(O)c1cccc(OC)c1)NCC.I. The molecule has 1 atom stereocenters. The molecule has 0 radical (unpaired) electrons. The van der Waals surface area contributed by atoms with Gasteiger partial charge in [0.05, 0.1) is 19.8 Å². The highest BCUT2D eigenvalue weighted by atomic mass is 127. The van der Waals surface area contributed by atoms with E-state index in [-0.39, 0.29) is 30.5 Å². The molecule has 7 heteroatoms. The lowest BCUT2D eigenvalue weighted by Gasteiger charge is -2.14. The molecule has 0 amide bonds. The number of aliphatic hydroxyl groups is 1. The molecule has 6 nitrogen and oxygen atoms in total. The molecule has 1 aromatic carbocycles. The fraction of sp³-hybridized carbons (Fsp3) is 0.632. The second kappa shape index (κ2) is 16.1. The van der Waals surface area contributed by atoms with Crippen LogP contribution in [0.1, 0.15) is 44.8 Å². The molecule has 0 aliphatic carbocycles. The maximum Gasteiger partial charge on any atom is 0.191 e. The second-order valence-electron chi connectivity index (χ2n) is 5.76. The summed E-state index contributed by atoms with van der Waals surface area (Å²) >= 11 is 0. The molecule has 3 N–H and O–H groups in total. The highest BCUT2D eigenvalue weighted by molar-refractivity contribution is 14.0. The topological polar surface area (TPSA) is 75.1 Å². The van der Waals surface area contributed by atoms with Gasteiger partial charge in [-0.15, -0.1) is 24.0 Å². The third-order valence-electron chi connectivity index (χ3n) is 3.65. The second-order valence-corrected chi connectivity index (χ2v) is 5.76. The number of rotatable bonds is 12. The minimum absolute atomic E-state index is 0. The molecule has 0 fully saturated rings. The summed E-state index contributed by atoms with van der Waals surface area (Å²) in [5, 5.41) is 16.8. The van der Waals surface area contributed by atoms with Crippen LogP contribution in [0, 0.1) is 0 Å². The number of hydrogen-bond donors (Lipinski definition) is 3. The molecule has 150 valence electrons. The van der Waals surface area contributed by atoms with Crippen LogP contribution in [0.2, 0.25) is 0 Å². The van der Waals surface area contributed by atoms with Gasteiger partial charge in [-0.25, -0.2) is 0 Å². The van der Waals surface area contributed by atoms with Gasteiger partial charge in [-0.2, -0.15) is 0 Å². The quantitative estimate of drug-likeness (QED) is 0.186. The molecule has 1 unspecified atom stereocenters. The number of nitrogens with zero attached hydrogens (tertiary/aromatic N) is 1. The van der Waals surface area contributed by atoms with E-state index in [1.54, 1.807) is 7.11 Å². The Kier molecular flexibility index (Phi) is 15.5. The lowest BCUT2D eigenvalue weighted by molar-refractivity contribution is 0.129. The number of benzene rings is 1. The van der Waals surface area contributed by atoms with Gasteiger partial charge in [-0.1, -0.05) is 25.5 Å². The van der Waals surface area contributed by atoms with Crippen molar-refractivity contribution in [2.75, 3.05) is 40.0 Å². The molecule has 1 rings (SSSR count). The van der Waals surface area contributed by atoms with Crippen LogP contribution in [0.3, 0.4) is 0 Å². The van der Waals surface area contributed by atoms with Crippen molar-refractivity contribution in [2.45, 2.75) is 39.2 Å². The molecule has 0 aliphatic rings. The van der Waals surface area contributed by atoms with Crippen molar-refractivity contribution in [3.8, 4) is 5.75 Å². The van der Waals surface area contributed by atoms with Crippen molar-refractivity contribution < 1.29 is 14.6 Å². The van der Waals surface area contributed by atoms with E-state index < -0.39 is 6.10 Å². The van der Waals surface area contributed by atoms with Gasteiger partial charge in [0.25, 0.3) is 0 Å².